The molecule has 0 radical (unpaired) electrons. The molecule has 0 bridgehead atoms. The molecule has 1 aromatic heterocycles. The van der Waals surface area contributed by atoms with E-state index >= 15 is 0 Å². The van der Waals surface area contributed by atoms with Crippen molar-refractivity contribution in [2.45, 2.75) is 37.8 Å². The largest absolute Gasteiger partial charge is 0.494 e. The highest BCUT2D eigenvalue weighted by molar-refractivity contribution is 5.70. The lowest BCUT2D eigenvalue weighted by atomic mass is 10.0. The molecule has 0 aliphatic carbocycles. The average Bonchev–Trinajstić information content (AvgIpc) is 3.40. The number of hydrogen-bond acceptors (Lipinski definition) is 9. The zero-order valence-electron chi connectivity index (χ0n) is 24.3. The van der Waals surface area contributed by atoms with Crippen molar-refractivity contribution in [2.24, 2.45) is 0 Å². The summed E-state index contributed by atoms with van der Waals surface area (Å²) in [6, 6.07) is 12.3. The summed E-state index contributed by atoms with van der Waals surface area (Å²) >= 11 is 0. The van der Waals surface area contributed by atoms with E-state index in [0.717, 1.165) is 56.5 Å². The van der Waals surface area contributed by atoms with E-state index in [1.54, 1.807) is 19.2 Å². The van der Waals surface area contributed by atoms with Crippen molar-refractivity contribution in [2.75, 3.05) is 75.3 Å². The van der Waals surface area contributed by atoms with Crippen molar-refractivity contribution in [3.8, 4) is 5.75 Å². The van der Waals surface area contributed by atoms with E-state index < -0.39 is 17.7 Å². The Morgan fingerprint density at radius 3 is 2.64 bits per heavy atom. The summed E-state index contributed by atoms with van der Waals surface area (Å²) in [5.74, 6) is -0.0523. The van der Waals surface area contributed by atoms with Gasteiger partial charge >= 0.3 is 0 Å². The Morgan fingerprint density at radius 2 is 1.81 bits per heavy atom. The zero-order chi connectivity index (χ0) is 29.1. The molecule has 1 atom stereocenters. The fourth-order valence-electron chi connectivity index (χ4n) is 6.33. The molecule has 0 saturated carbocycles. The number of likely N-dealkylation sites (N-methyl/N-ethyl adjacent to an activating group) is 1. The smallest absolute Gasteiger partial charge is 0.164 e. The van der Waals surface area contributed by atoms with Gasteiger partial charge in [-0.3, -0.25) is 9.74 Å². The van der Waals surface area contributed by atoms with Gasteiger partial charge in [0.15, 0.2) is 17.5 Å². The van der Waals surface area contributed by atoms with Crippen LogP contribution >= 0.6 is 0 Å². The number of anilines is 4. The number of hydroxylamine groups is 1. The molecular formula is C31H39F2N7O2. The molecule has 4 heterocycles. The van der Waals surface area contributed by atoms with Gasteiger partial charge < -0.3 is 19.9 Å². The van der Waals surface area contributed by atoms with Crippen molar-refractivity contribution in [1.82, 2.24) is 19.8 Å². The number of benzene rings is 2. The first kappa shape index (κ1) is 28.6. The van der Waals surface area contributed by atoms with Crippen LogP contribution in [-0.4, -0.2) is 85.8 Å². The molecule has 42 heavy (non-hydrogen) atoms. The van der Waals surface area contributed by atoms with Crippen LogP contribution < -0.4 is 20.0 Å². The molecule has 224 valence electrons. The lowest BCUT2D eigenvalue weighted by Crippen LogP contribution is -2.46. The van der Waals surface area contributed by atoms with Crippen molar-refractivity contribution >= 4 is 23.0 Å². The lowest BCUT2D eigenvalue weighted by Gasteiger charge is -2.39. The van der Waals surface area contributed by atoms with Gasteiger partial charge in [0.2, 0.25) is 0 Å². The van der Waals surface area contributed by atoms with Crippen LogP contribution in [0.1, 0.15) is 37.3 Å². The number of rotatable bonds is 7. The van der Waals surface area contributed by atoms with Gasteiger partial charge in [0.1, 0.15) is 17.9 Å². The Bertz CT molecular complexity index is 1370. The average molecular weight is 580 g/mol. The third kappa shape index (κ3) is 6.13. The van der Waals surface area contributed by atoms with Crippen molar-refractivity contribution in [3.05, 3.63) is 66.0 Å². The van der Waals surface area contributed by atoms with Crippen molar-refractivity contribution < 1.29 is 18.4 Å². The van der Waals surface area contributed by atoms with Gasteiger partial charge in [-0.25, -0.2) is 23.8 Å². The van der Waals surface area contributed by atoms with E-state index in [4.69, 9.17) is 9.57 Å². The number of nitrogens with one attached hydrogen (secondary N) is 1. The van der Waals surface area contributed by atoms with Crippen LogP contribution in [0.5, 0.6) is 5.75 Å². The summed E-state index contributed by atoms with van der Waals surface area (Å²) in [6.07, 6.45) is 5.50. The first-order chi connectivity index (χ1) is 20.5. The van der Waals surface area contributed by atoms with E-state index in [1.807, 2.05) is 6.07 Å². The summed E-state index contributed by atoms with van der Waals surface area (Å²) in [4.78, 5) is 22.1. The topological polar surface area (TPSA) is 69.2 Å². The number of methoxy groups -OCH3 is 1. The third-order valence-corrected chi connectivity index (χ3v) is 8.67. The molecule has 0 amide bonds. The molecule has 3 fully saturated rings. The fourth-order valence-corrected chi connectivity index (χ4v) is 6.33. The molecule has 0 spiro atoms. The maximum absolute atomic E-state index is 14.6. The minimum Gasteiger partial charge on any atom is -0.494 e. The van der Waals surface area contributed by atoms with Crippen molar-refractivity contribution in [1.29, 1.82) is 0 Å². The maximum atomic E-state index is 14.6. The van der Waals surface area contributed by atoms with E-state index in [2.05, 4.69) is 49.2 Å². The molecule has 9 nitrogen and oxygen atoms in total. The van der Waals surface area contributed by atoms with Gasteiger partial charge in [-0.1, -0.05) is 12.1 Å². The summed E-state index contributed by atoms with van der Waals surface area (Å²) in [5.41, 5.74) is 2.14. The lowest BCUT2D eigenvalue weighted by molar-refractivity contribution is 0.156. The minimum absolute atomic E-state index is 0.237. The molecule has 3 aliphatic heterocycles. The summed E-state index contributed by atoms with van der Waals surface area (Å²) in [5, 5.41) is 4.86. The standard InChI is InChI=1S/C31H39F2N7O2/c1-37-12-4-13-38(17-16-37)22-9-14-39(15-10-22)23-7-8-26(28(19-23)41-2)36-29-20-30(35-21-34-29)40-27(11-18-42-40)24-5-3-6-25(32)31(24)33/h3,5-8,19-22,27H,4,9-18H2,1-2H3,(H,34,35,36). The Hall–Kier alpha value is -3.54. The highest BCUT2D eigenvalue weighted by Crippen LogP contribution is 2.37. The first-order valence-corrected chi connectivity index (χ1v) is 14.8. The number of piperidine rings is 1. The number of nitrogens with zero attached hydrogens (tertiary/aromatic N) is 6. The van der Waals surface area contributed by atoms with Crippen molar-refractivity contribution in [3.63, 3.8) is 0 Å². The predicted molar refractivity (Wildman–Crippen MR) is 159 cm³/mol. The highest BCUT2D eigenvalue weighted by atomic mass is 19.2. The van der Waals surface area contributed by atoms with Gasteiger partial charge in [0.05, 0.1) is 25.4 Å². The van der Waals surface area contributed by atoms with Gasteiger partial charge in [-0.15, -0.1) is 0 Å². The summed E-state index contributed by atoms with van der Waals surface area (Å²) < 4.78 is 34.2. The molecule has 3 aromatic rings. The number of aromatic nitrogens is 2. The molecule has 3 aliphatic rings. The molecule has 6 rings (SSSR count). The van der Waals surface area contributed by atoms with Crippen LogP contribution in [0.15, 0.2) is 48.8 Å². The SMILES string of the molecule is COc1cc(N2CCC(N3CCCN(C)CC3)CC2)ccc1Nc1cc(N2OCCC2c2cccc(F)c2F)ncn1. The molecule has 3 saturated heterocycles. The van der Waals surface area contributed by atoms with E-state index in [9.17, 15) is 8.78 Å². The van der Waals surface area contributed by atoms with Crippen LogP contribution in [0.3, 0.4) is 0 Å². The van der Waals surface area contributed by atoms with Gasteiger partial charge in [-0.05, 0) is 57.6 Å². The monoisotopic (exact) mass is 579 g/mol. The Kier molecular flexibility index (Phi) is 8.68. The second kappa shape index (κ2) is 12.8. The van der Waals surface area contributed by atoms with Gasteiger partial charge in [0, 0.05) is 62.0 Å². The van der Waals surface area contributed by atoms with E-state index in [0.29, 0.717) is 36.5 Å². The van der Waals surface area contributed by atoms with Crippen LogP contribution in [-0.2, 0) is 4.84 Å². The second-order valence-corrected chi connectivity index (χ2v) is 11.3. The fraction of sp³-hybridized carbons (Fsp3) is 0.484. The highest BCUT2D eigenvalue weighted by Gasteiger charge is 2.32. The summed E-state index contributed by atoms with van der Waals surface area (Å²) in [7, 11) is 3.88. The Labute approximate surface area is 246 Å². The minimum atomic E-state index is -0.880. The number of hydrogen-bond donors (Lipinski definition) is 1. The van der Waals surface area contributed by atoms with Crippen LogP contribution in [0.4, 0.5) is 31.8 Å². The molecule has 1 unspecified atom stereocenters. The first-order valence-electron chi connectivity index (χ1n) is 14.8. The predicted octanol–water partition coefficient (Wildman–Crippen LogP) is 5.00. The van der Waals surface area contributed by atoms with E-state index in [-0.39, 0.29) is 5.56 Å². The van der Waals surface area contributed by atoms with Crippen LogP contribution in [0.25, 0.3) is 0 Å². The van der Waals surface area contributed by atoms with Crippen LogP contribution in [0.2, 0.25) is 0 Å². The summed E-state index contributed by atoms with van der Waals surface area (Å²) in [6.45, 7) is 7.10. The quantitative estimate of drug-likeness (QED) is 0.417. The molecule has 11 heteroatoms. The number of ether oxygens (including phenoxy) is 1. The van der Waals surface area contributed by atoms with Crippen LogP contribution in [0, 0.1) is 11.6 Å². The molecule has 2 aromatic carbocycles. The normalized spacial score (nSPS) is 21.0. The van der Waals surface area contributed by atoms with E-state index in [1.165, 1.54) is 37.0 Å². The zero-order valence-corrected chi connectivity index (χ0v) is 24.3. The number of halogens is 2. The molecule has 1 N–H and O–H groups in total. The maximum Gasteiger partial charge on any atom is 0.164 e. The third-order valence-electron chi connectivity index (χ3n) is 8.67. The molecular weight excluding hydrogens is 540 g/mol. The Balaban J connectivity index is 1.12. The second-order valence-electron chi connectivity index (χ2n) is 11.3. The van der Waals surface area contributed by atoms with Gasteiger partial charge in [0.25, 0.3) is 0 Å². The Morgan fingerprint density at radius 1 is 0.952 bits per heavy atom. The van der Waals surface area contributed by atoms with Gasteiger partial charge in [-0.2, -0.15) is 0 Å².